The van der Waals surface area contributed by atoms with Crippen molar-refractivity contribution >= 4 is 6.08 Å². The van der Waals surface area contributed by atoms with E-state index >= 15 is 0 Å². The fourth-order valence-corrected chi connectivity index (χ4v) is 4.60. The molecule has 0 heterocycles. The van der Waals surface area contributed by atoms with Crippen LogP contribution in [-0.2, 0) is 10.8 Å². The summed E-state index contributed by atoms with van der Waals surface area (Å²) in [4.78, 5) is 0. The summed E-state index contributed by atoms with van der Waals surface area (Å²) >= 11 is 0. The van der Waals surface area contributed by atoms with Crippen LogP contribution in [0.5, 0.6) is 0 Å². The minimum atomic E-state index is 0.0681. The Labute approximate surface area is 137 Å². The van der Waals surface area contributed by atoms with Gasteiger partial charge in [0.1, 0.15) is 0 Å². The van der Waals surface area contributed by atoms with Crippen LogP contribution in [0.2, 0.25) is 0 Å². The average molecular weight is 294 g/mol. The highest BCUT2D eigenvalue weighted by molar-refractivity contribution is 5.75. The zero-order valence-electron chi connectivity index (χ0n) is 12.9. The Morgan fingerprint density at radius 2 is 1.17 bits per heavy atom. The third kappa shape index (κ3) is 1.56. The minimum absolute atomic E-state index is 0.0681. The summed E-state index contributed by atoms with van der Waals surface area (Å²) < 4.78 is 0. The topological polar surface area (TPSA) is 0 Å². The molecule has 1 saturated carbocycles. The van der Waals surface area contributed by atoms with Crippen LogP contribution in [0.25, 0.3) is 6.08 Å². The minimum Gasteiger partial charge on any atom is -0.0721 e. The first kappa shape index (κ1) is 12.9. The largest absolute Gasteiger partial charge is 0.0721 e. The van der Waals surface area contributed by atoms with Gasteiger partial charge in [0.05, 0.1) is 0 Å². The first-order valence-electron chi connectivity index (χ1n) is 8.27. The Kier molecular flexibility index (Phi) is 2.50. The van der Waals surface area contributed by atoms with Crippen molar-refractivity contribution in [2.75, 3.05) is 0 Å². The lowest BCUT2D eigenvalue weighted by atomic mass is 9.78. The van der Waals surface area contributed by atoms with Crippen LogP contribution in [0.3, 0.4) is 0 Å². The van der Waals surface area contributed by atoms with Crippen LogP contribution >= 0.6 is 0 Å². The summed E-state index contributed by atoms with van der Waals surface area (Å²) in [5.74, 6) is 0. The maximum absolute atomic E-state index is 2.44. The van der Waals surface area contributed by atoms with Gasteiger partial charge >= 0.3 is 0 Å². The molecule has 0 bridgehead atoms. The van der Waals surface area contributed by atoms with Gasteiger partial charge in [0.25, 0.3) is 0 Å². The monoisotopic (exact) mass is 294 g/mol. The molecule has 1 fully saturated rings. The molecule has 23 heavy (non-hydrogen) atoms. The molecular formula is C23H18. The van der Waals surface area contributed by atoms with Crippen LogP contribution in [0.1, 0.15) is 28.7 Å². The maximum atomic E-state index is 2.44. The highest BCUT2D eigenvalue weighted by Crippen LogP contribution is 2.71. The van der Waals surface area contributed by atoms with E-state index in [0.29, 0.717) is 0 Å². The van der Waals surface area contributed by atoms with E-state index in [1.807, 2.05) is 0 Å². The van der Waals surface area contributed by atoms with E-state index < -0.39 is 0 Å². The van der Waals surface area contributed by atoms with E-state index in [9.17, 15) is 0 Å². The van der Waals surface area contributed by atoms with Crippen LogP contribution in [0.15, 0.2) is 91.0 Å². The molecule has 1 spiro atoms. The number of allylic oxidation sites excluding steroid dienone is 1. The molecule has 0 radical (unpaired) electrons. The number of rotatable bonds is 2. The molecule has 2 aliphatic rings. The molecule has 0 N–H and O–H groups in total. The van der Waals surface area contributed by atoms with Gasteiger partial charge in [-0.15, -0.1) is 0 Å². The molecule has 0 aromatic heterocycles. The SMILES string of the molecule is C1=CC2(CC2(c2ccccc2)c2ccccc2)c2ccccc21. The molecule has 1 atom stereocenters. The predicted molar refractivity (Wildman–Crippen MR) is 95.4 cm³/mol. The van der Waals surface area contributed by atoms with Crippen molar-refractivity contribution in [2.24, 2.45) is 0 Å². The molecule has 0 saturated heterocycles. The second kappa shape index (κ2) is 4.45. The van der Waals surface area contributed by atoms with Crippen LogP contribution in [-0.4, -0.2) is 0 Å². The second-order valence-corrected chi connectivity index (χ2v) is 6.71. The average Bonchev–Trinajstić information content (AvgIpc) is 3.19. The predicted octanol–water partition coefficient (Wildman–Crippen LogP) is 5.34. The van der Waals surface area contributed by atoms with Crippen molar-refractivity contribution < 1.29 is 0 Å². The Balaban J connectivity index is 1.77. The quantitative estimate of drug-likeness (QED) is 0.598. The third-order valence-corrected chi connectivity index (χ3v) is 5.70. The van der Waals surface area contributed by atoms with Gasteiger partial charge in [0, 0.05) is 10.8 Å². The lowest BCUT2D eigenvalue weighted by Crippen LogP contribution is -2.21. The summed E-state index contributed by atoms with van der Waals surface area (Å²) in [5, 5.41) is 0. The van der Waals surface area contributed by atoms with Crippen molar-refractivity contribution in [3.63, 3.8) is 0 Å². The van der Waals surface area contributed by atoms with Gasteiger partial charge < -0.3 is 0 Å². The fourth-order valence-electron chi connectivity index (χ4n) is 4.60. The van der Waals surface area contributed by atoms with Crippen LogP contribution < -0.4 is 0 Å². The molecule has 2 aliphatic carbocycles. The summed E-state index contributed by atoms with van der Waals surface area (Å²) in [6.45, 7) is 0. The van der Waals surface area contributed by atoms with Gasteiger partial charge in [-0.1, -0.05) is 97.1 Å². The van der Waals surface area contributed by atoms with Crippen LogP contribution in [0, 0.1) is 0 Å². The molecule has 3 aromatic carbocycles. The molecule has 3 aromatic rings. The standard InChI is InChI=1S/C23H18/c1-3-10-19(11-4-1)23(20-12-5-2-6-13-20)17-22(23)16-15-18-9-7-8-14-21(18)22/h1-16H,17H2. The first-order valence-corrected chi connectivity index (χ1v) is 8.27. The van der Waals surface area contributed by atoms with E-state index in [4.69, 9.17) is 0 Å². The Bertz CT molecular complexity index is 850. The van der Waals surface area contributed by atoms with Gasteiger partial charge in [0.2, 0.25) is 0 Å². The number of fused-ring (bicyclic) bond motifs is 2. The first-order chi connectivity index (χ1) is 11.4. The Hall–Kier alpha value is -2.60. The third-order valence-electron chi connectivity index (χ3n) is 5.70. The van der Waals surface area contributed by atoms with Gasteiger partial charge in [-0.05, 0) is 28.7 Å². The number of hydrogen-bond acceptors (Lipinski definition) is 0. The number of hydrogen-bond donors (Lipinski definition) is 0. The molecule has 0 amide bonds. The highest BCUT2D eigenvalue weighted by atomic mass is 14.7. The summed E-state index contributed by atoms with van der Waals surface area (Å²) in [5.41, 5.74) is 5.89. The van der Waals surface area contributed by atoms with Crippen molar-refractivity contribution in [2.45, 2.75) is 17.3 Å². The molecule has 1 unspecified atom stereocenters. The molecule has 5 rings (SSSR count). The second-order valence-electron chi connectivity index (χ2n) is 6.71. The summed E-state index contributed by atoms with van der Waals surface area (Å²) in [6.07, 6.45) is 5.90. The van der Waals surface area contributed by atoms with E-state index in [1.165, 1.54) is 22.3 Å². The molecule has 0 nitrogen and oxygen atoms in total. The Morgan fingerprint density at radius 1 is 0.609 bits per heavy atom. The lowest BCUT2D eigenvalue weighted by molar-refractivity contribution is 0.719. The normalized spacial score (nSPS) is 23.0. The van der Waals surface area contributed by atoms with E-state index in [0.717, 1.165) is 6.42 Å². The molecular weight excluding hydrogens is 276 g/mol. The van der Waals surface area contributed by atoms with Gasteiger partial charge in [-0.25, -0.2) is 0 Å². The summed E-state index contributed by atoms with van der Waals surface area (Å²) in [6, 6.07) is 30.9. The smallest absolute Gasteiger partial charge is 0.0346 e. The molecule has 110 valence electrons. The fraction of sp³-hybridized carbons (Fsp3) is 0.130. The van der Waals surface area contributed by atoms with Crippen molar-refractivity contribution in [1.82, 2.24) is 0 Å². The molecule has 0 heteroatoms. The zero-order valence-corrected chi connectivity index (χ0v) is 12.9. The van der Waals surface area contributed by atoms with Gasteiger partial charge in [-0.3, -0.25) is 0 Å². The van der Waals surface area contributed by atoms with Crippen molar-refractivity contribution in [3.05, 3.63) is 113 Å². The van der Waals surface area contributed by atoms with E-state index in [-0.39, 0.29) is 10.8 Å². The summed E-state index contributed by atoms with van der Waals surface area (Å²) in [7, 11) is 0. The van der Waals surface area contributed by atoms with E-state index in [2.05, 4.69) is 97.1 Å². The van der Waals surface area contributed by atoms with E-state index in [1.54, 1.807) is 0 Å². The zero-order chi connectivity index (χ0) is 15.3. The van der Waals surface area contributed by atoms with Crippen LogP contribution in [0.4, 0.5) is 0 Å². The van der Waals surface area contributed by atoms with Crippen molar-refractivity contribution in [1.29, 1.82) is 0 Å². The molecule has 0 aliphatic heterocycles. The maximum Gasteiger partial charge on any atom is 0.0346 e. The highest BCUT2D eigenvalue weighted by Gasteiger charge is 2.69. The van der Waals surface area contributed by atoms with Gasteiger partial charge in [0.15, 0.2) is 0 Å². The van der Waals surface area contributed by atoms with Gasteiger partial charge in [-0.2, -0.15) is 0 Å². The lowest BCUT2D eigenvalue weighted by Gasteiger charge is -2.24. The Morgan fingerprint density at radius 3 is 1.83 bits per heavy atom. The van der Waals surface area contributed by atoms with Crippen molar-refractivity contribution in [3.8, 4) is 0 Å². The number of benzene rings is 3.